The van der Waals surface area contributed by atoms with Gasteiger partial charge in [-0.15, -0.1) is 0 Å². The largest absolute Gasteiger partial charge is 0.508 e. The lowest BCUT2D eigenvalue weighted by atomic mass is 10.0. The second-order valence-corrected chi connectivity index (χ2v) is 9.49. The van der Waals surface area contributed by atoms with Gasteiger partial charge in [0.25, 0.3) is 5.91 Å². The Morgan fingerprint density at radius 2 is 1.78 bits per heavy atom. The van der Waals surface area contributed by atoms with Crippen LogP contribution in [0.5, 0.6) is 5.75 Å². The zero-order chi connectivity index (χ0) is 26.4. The second kappa shape index (κ2) is 12.1. The van der Waals surface area contributed by atoms with E-state index in [1.165, 1.54) is 6.07 Å². The highest BCUT2D eigenvalue weighted by molar-refractivity contribution is 5.98. The predicted octanol–water partition coefficient (Wildman–Crippen LogP) is 4.50. The molecule has 7 heteroatoms. The van der Waals surface area contributed by atoms with E-state index in [2.05, 4.69) is 34.7 Å². The Balaban J connectivity index is 1.38. The minimum atomic E-state index is -0.758. The number of H-pyrrole nitrogens is 1. The Bertz CT molecular complexity index is 1340. The number of aromatic amines is 1. The molecule has 4 rings (SSSR count). The van der Waals surface area contributed by atoms with Gasteiger partial charge in [-0.1, -0.05) is 49.4 Å². The van der Waals surface area contributed by atoms with Crippen LogP contribution in [0.4, 0.5) is 0 Å². The molecule has 3 atom stereocenters. The standard InChI is InChI=1S/C30H35N3O4/c1-3-25(31-17-29(36)22-10-12-28(35)24(15-22)18-34)14-20-9-11-26-23(13-20)16-27(33-26)30(37)32-19(2)21-7-5-4-6-8-21/h4-13,15-16,19,25,29,31,33-36H,3,14,17-18H2,1-2H3,(H,32,37)/t19-,25-,29+/m1/s1. The highest BCUT2D eigenvalue weighted by atomic mass is 16.3. The number of carbonyl (C=O) groups is 1. The first-order valence-electron chi connectivity index (χ1n) is 12.7. The van der Waals surface area contributed by atoms with E-state index in [-0.39, 0.29) is 30.3 Å². The number of carbonyl (C=O) groups excluding carboxylic acids is 1. The Hall–Kier alpha value is -3.65. The van der Waals surface area contributed by atoms with Gasteiger partial charge in [0.1, 0.15) is 11.4 Å². The van der Waals surface area contributed by atoms with Gasteiger partial charge >= 0.3 is 0 Å². The van der Waals surface area contributed by atoms with Crippen LogP contribution in [0.15, 0.2) is 72.8 Å². The number of rotatable bonds is 11. The highest BCUT2D eigenvalue weighted by Crippen LogP contribution is 2.23. The van der Waals surface area contributed by atoms with Crippen molar-refractivity contribution in [2.75, 3.05) is 6.54 Å². The minimum Gasteiger partial charge on any atom is -0.508 e. The smallest absolute Gasteiger partial charge is 0.268 e. The molecule has 194 valence electrons. The molecular formula is C30H35N3O4. The molecule has 0 saturated carbocycles. The summed E-state index contributed by atoms with van der Waals surface area (Å²) in [7, 11) is 0. The summed E-state index contributed by atoms with van der Waals surface area (Å²) in [5, 5.41) is 37.2. The molecule has 3 aromatic carbocycles. The lowest BCUT2D eigenvalue weighted by molar-refractivity contribution is 0.0935. The van der Waals surface area contributed by atoms with Crippen molar-refractivity contribution in [1.29, 1.82) is 0 Å². The van der Waals surface area contributed by atoms with E-state index in [0.717, 1.165) is 34.9 Å². The quantitative estimate of drug-likeness (QED) is 0.181. The molecule has 0 unspecified atom stereocenters. The molecular weight excluding hydrogens is 466 g/mol. The average molecular weight is 502 g/mol. The number of fused-ring (bicyclic) bond motifs is 1. The van der Waals surface area contributed by atoms with Crippen LogP contribution in [0.2, 0.25) is 0 Å². The third kappa shape index (κ3) is 6.57. The topological polar surface area (TPSA) is 118 Å². The summed E-state index contributed by atoms with van der Waals surface area (Å²) in [5.74, 6) is -0.126. The van der Waals surface area contributed by atoms with E-state index in [1.807, 2.05) is 49.4 Å². The molecule has 6 N–H and O–H groups in total. The summed E-state index contributed by atoms with van der Waals surface area (Å²) in [6, 6.07) is 22.7. The zero-order valence-corrected chi connectivity index (χ0v) is 21.2. The number of aliphatic hydroxyl groups excluding tert-OH is 2. The highest BCUT2D eigenvalue weighted by Gasteiger charge is 2.16. The van der Waals surface area contributed by atoms with Gasteiger partial charge in [-0.2, -0.15) is 0 Å². The summed E-state index contributed by atoms with van der Waals surface area (Å²) in [5.41, 5.74) is 4.66. The van der Waals surface area contributed by atoms with E-state index in [9.17, 15) is 20.1 Å². The number of hydrogen-bond donors (Lipinski definition) is 6. The Labute approximate surface area is 217 Å². The second-order valence-electron chi connectivity index (χ2n) is 9.49. The number of aromatic hydroxyl groups is 1. The van der Waals surface area contributed by atoms with E-state index < -0.39 is 6.10 Å². The number of nitrogens with one attached hydrogen (secondary N) is 3. The van der Waals surface area contributed by atoms with Crippen LogP contribution in [-0.2, 0) is 13.0 Å². The van der Waals surface area contributed by atoms with Crippen LogP contribution in [0.25, 0.3) is 10.9 Å². The predicted molar refractivity (Wildman–Crippen MR) is 145 cm³/mol. The van der Waals surface area contributed by atoms with Crippen LogP contribution in [0.3, 0.4) is 0 Å². The van der Waals surface area contributed by atoms with Gasteiger partial charge in [-0.05, 0) is 66.8 Å². The maximum Gasteiger partial charge on any atom is 0.268 e. The summed E-state index contributed by atoms with van der Waals surface area (Å²) in [6.07, 6.45) is 0.890. The van der Waals surface area contributed by atoms with Gasteiger partial charge in [0.2, 0.25) is 0 Å². The minimum absolute atomic E-state index is 0.0179. The number of aromatic nitrogens is 1. The molecule has 0 spiro atoms. The van der Waals surface area contributed by atoms with Crippen LogP contribution in [0.1, 0.15) is 65.2 Å². The third-order valence-electron chi connectivity index (χ3n) is 6.81. The molecule has 1 heterocycles. The van der Waals surface area contributed by atoms with Crippen LogP contribution >= 0.6 is 0 Å². The van der Waals surface area contributed by atoms with Crippen LogP contribution in [0, 0.1) is 0 Å². The molecule has 0 fully saturated rings. The van der Waals surface area contributed by atoms with Gasteiger partial charge in [0.15, 0.2) is 0 Å². The molecule has 0 aliphatic carbocycles. The third-order valence-corrected chi connectivity index (χ3v) is 6.81. The normalized spacial score (nSPS) is 13.8. The fourth-order valence-electron chi connectivity index (χ4n) is 4.51. The zero-order valence-electron chi connectivity index (χ0n) is 21.2. The Kier molecular flexibility index (Phi) is 8.61. The van der Waals surface area contributed by atoms with Crippen molar-refractivity contribution in [3.63, 3.8) is 0 Å². The van der Waals surface area contributed by atoms with Crippen molar-refractivity contribution in [2.45, 2.75) is 51.5 Å². The molecule has 37 heavy (non-hydrogen) atoms. The Morgan fingerprint density at radius 3 is 2.51 bits per heavy atom. The first kappa shape index (κ1) is 26.4. The summed E-state index contributed by atoms with van der Waals surface area (Å²) in [4.78, 5) is 16.1. The molecule has 4 aromatic rings. The van der Waals surface area contributed by atoms with Crippen LogP contribution in [-0.4, -0.2) is 38.8 Å². The summed E-state index contributed by atoms with van der Waals surface area (Å²) in [6.45, 7) is 4.13. The van der Waals surface area contributed by atoms with Gasteiger partial charge < -0.3 is 30.9 Å². The van der Waals surface area contributed by atoms with Gasteiger partial charge in [-0.3, -0.25) is 4.79 Å². The average Bonchev–Trinajstić information content (AvgIpc) is 3.35. The number of benzene rings is 3. The fourth-order valence-corrected chi connectivity index (χ4v) is 4.51. The number of phenols is 1. The van der Waals surface area contributed by atoms with E-state index in [0.29, 0.717) is 23.4 Å². The molecule has 1 aromatic heterocycles. The molecule has 0 aliphatic rings. The maximum atomic E-state index is 12.8. The molecule has 1 amide bonds. The maximum absolute atomic E-state index is 12.8. The molecule has 0 bridgehead atoms. The molecule has 7 nitrogen and oxygen atoms in total. The number of hydrogen-bond acceptors (Lipinski definition) is 5. The van der Waals surface area contributed by atoms with Gasteiger partial charge in [0.05, 0.1) is 18.8 Å². The lowest BCUT2D eigenvalue weighted by Crippen LogP contribution is -2.34. The van der Waals surface area contributed by atoms with E-state index >= 15 is 0 Å². The van der Waals surface area contributed by atoms with Crippen molar-refractivity contribution >= 4 is 16.8 Å². The van der Waals surface area contributed by atoms with Crippen LogP contribution < -0.4 is 10.6 Å². The van der Waals surface area contributed by atoms with E-state index in [1.54, 1.807) is 12.1 Å². The first-order chi connectivity index (χ1) is 17.9. The molecule has 0 radical (unpaired) electrons. The first-order valence-corrected chi connectivity index (χ1v) is 12.7. The van der Waals surface area contributed by atoms with Crippen molar-refractivity contribution in [2.24, 2.45) is 0 Å². The van der Waals surface area contributed by atoms with Crippen molar-refractivity contribution in [3.8, 4) is 5.75 Å². The SMILES string of the molecule is CC[C@H](Cc1ccc2[nH]c(C(=O)N[C@H](C)c3ccccc3)cc2c1)NC[C@H](O)c1ccc(O)c(CO)c1. The van der Waals surface area contributed by atoms with Gasteiger partial charge in [0, 0.05) is 29.1 Å². The monoisotopic (exact) mass is 501 g/mol. The fraction of sp³-hybridized carbons (Fsp3) is 0.300. The molecule has 0 aliphatic heterocycles. The summed E-state index contributed by atoms with van der Waals surface area (Å²) >= 11 is 0. The van der Waals surface area contributed by atoms with E-state index in [4.69, 9.17) is 0 Å². The lowest BCUT2D eigenvalue weighted by Gasteiger charge is -2.20. The van der Waals surface area contributed by atoms with Crippen molar-refractivity contribution in [1.82, 2.24) is 15.6 Å². The van der Waals surface area contributed by atoms with Gasteiger partial charge in [-0.25, -0.2) is 0 Å². The molecule has 0 saturated heterocycles. The number of amides is 1. The van der Waals surface area contributed by atoms with Crippen molar-refractivity contribution < 1.29 is 20.1 Å². The Morgan fingerprint density at radius 1 is 1.00 bits per heavy atom. The van der Waals surface area contributed by atoms with Crippen molar-refractivity contribution in [3.05, 3.63) is 101 Å². The summed E-state index contributed by atoms with van der Waals surface area (Å²) < 4.78 is 0. The number of aliphatic hydroxyl groups is 2.